The first kappa shape index (κ1) is 10.9. The van der Waals surface area contributed by atoms with Crippen LogP contribution in [0.25, 0.3) is 0 Å². The molecule has 0 heterocycles. The molecule has 0 unspecified atom stereocenters. The number of ether oxygens (including phenoxy) is 1. The second-order valence-electron chi connectivity index (χ2n) is 2.13. The second-order valence-corrected chi connectivity index (χ2v) is 2.13. The van der Waals surface area contributed by atoms with Crippen LogP contribution in [0.1, 0.15) is 13.8 Å². The minimum absolute atomic E-state index is 0.371. The van der Waals surface area contributed by atoms with E-state index in [0.717, 1.165) is 0 Å². The lowest BCUT2D eigenvalue weighted by molar-refractivity contribution is -0.142. The van der Waals surface area contributed by atoms with E-state index in [1.165, 1.54) is 0 Å². The monoisotopic (exact) mass is 175 g/mol. The van der Waals surface area contributed by atoms with Gasteiger partial charge in [-0.1, -0.05) is 5.16 Å². The number of aliphatic carboxylic acids is 1. The summed E-state index contributed by atoms with van der Waals surface area (Å²) in [6.45, 7) is 4.13. The fraction of sp³-hybridized carbons (Fsp3) is 0.714. The van der Waals surface area contributed by atoms with Crippen LogP contribution in [0.5, 0.6) is 0 Å². The molecule has 0 aromatic carbocycles. The number of oxime groups is 1. The molecule has 70 valence electrons. The van der Waals surface area contributed by atoms with Gasteiger partial charge in [-0.05, 0) is 13.8 Å². The average Bonchev–Trinajstić information content (AvgIpc) is 2.00. The second kappa shape index (κ2) is 6.60. The van der Waals surface area contributed by atoms with E-state index in [0.29, 0.717) is 18.9 Å². The SMILES string of the molecule is CCOCC(C)=NOCC(=O)O. The predicted octanol–water partition coefficient (Wildman–Crippen LogP) is 0.500. The maximum Gasteiger partial charge on any atom is 0.344 e. The smallest absolute Gasteiger partial charge is 0.344 e. The number of rotatable bonds is 6. The molecule has 0 amide bonds. The van der Waals surface area contributed by atoms with Gasteiger partial charge in [-0.15, -0.1) is 0 Å². The van der Waals surface area contributed by atoms with Crippen LogP contribution in [-0.2, 0) is 14.4 Å². The molecule has 0 fully saturated rings. The Hall–Kier alpha value is -1.10. The molecule has 0 spiro atoms. The van der Waals surface area contributed by atoms with Crippen molar-refractivity contribution in [2.45, 2.75) is 13.8 Å². The van der Waals surface area contributed by atoms with Crippen LogP contribution >= 0.6 is 0 Å². The predicted molar refractivity (Wildman–Crippen MR) is 43.2 cm³/mol. The lowest BCUT2D eigenvalue weighted by Crippen LogP contribution is -2.08. The van der Waals surface area contributed by atoms with Crippen LogP contribution in [0.15, 0.2) is 5.16 Å². The normalized spacial score (nSPS) is 11.3. The third-order valence-electron chi connectivity index (χ3n) is 0.923. The number of nitrogens with zero attached hydrogens (tertiary/aromatic N) is 1. The van der Waals surface area contributed by atoms with Gasteiger partial charge < -0.3 is 14.7 Å². The van der Waals surface area contributed by atoms with Crippen LogP contribution in [-0.4, -0.2) is 36.6 Å². The first-order valence-corrected chi connectivity index (χ1v) is 3.61. The van der Waals surface area contributed by atoms with Crippen molar-refractivity contribution in [1.82, 2.24) is 0 Å². The zero-order valence-corrected chi connectivity index (χ0v) is 7.24. The Morgan fingerprint density at radius 1 is 1.50 bits per heavy atom. The van der Waals surface area contributed by atoms with Crippen molar-refractivity contribution >= 4 is 11.7 Å². The minimum atomic E-state index is -1.04. The van der Waals surface area contributed by atoms with Crippen molar-refractivity contribution < 1.29 is 19.5 Å². The number of hydrogen-bond acceptors (Lipinski definition) is 4. The summed E-state index contributed by atoms with van der Waals surface area (Å²) in [6.07, 6.45) is 0. The minimum Gasteiger partial charge on any atom is -0.479 e. The van der Waals surface area contributed by atoms with Gasteiger partial charge in [0.15, 0.2) is 0 Å². The van der Waals surface area contributed by atoms with Crippen molar-refractivity contribution in [3.63, 3.8) is 0 Å². The largest absolute Gasteiger partial charge is 0.479 e. The van der Waals surface area contributed by atoms with Gasteiger partial charge >= 0.3 is 5.97 Å². The molecular formula is C7H13NO4. The Morgan fingerprint density at radius 2 is 2.17 bits per heavy atom. The third kappa shape index (κ3) is 7.01. The summed E-state index contributed by atoms with van der Waals surface area (Å²) in [5.41, 5.74) is 0.623. The molecule has 0 bridgehead atoms. The summed E-state index contributed by atoms with van der Waals surface area (Å²) >= 11 is 0. The fourth-order valence-corrected chi connectivity index (χ4v) is 0.474. The molecule has 0 aromatic rings. The summed E-state index contributed by atoms with van der Waals surface area (Å²) < 4.78 is 4.99. The molecule has 5 nitrogen and oxygen atoms in total. The number of carboxylic acid groups (broad SMARTS) is 1. The van der Waals surface area contributed by atoms with Gasteiger partial charge in [-0.3, -0.25) is 0 Å². The Morgan fingerprint density at radius 3 is 2.67 bits per heavy atom. The number of carboxylic acids is 1. The number of hydrogen-bond donors (Lipinski definition) is 1. The molecule has 0 saturated heterocycles. The van der Waals surface area contributed by atoms with Crippen LogP contribution < -0.4 is 0 Å². The fourth-order valence-electron chi connectivity index (χ4n) is 0.474. The van der Waals surface area contributed by atoms with E-state index in [-0.39, 0.29) is 0 Å². The molecule has 0 aliphatic heterocycles. The first-order chi connectivity index (χ1) is 5.66. The molecule has 0 saturated carbocycles. The lowest BCUT2D eigenvalue weighted by atomic mass is 10.5. The van der Waals surface area contributed by atoms with E-state index in [1.807, 2.05) is 6.92 Å². The van der Waals surface area contributed by atoms with Crippen LogP contribution in [0.2, 0.25) is 0 Å². The lowest BCUT2D eigenvalue weighted by Gasteiger charge is -1.99. The van der Waals surface area contributed by atoms with Crippen molar-refractivity contribution in [3.05, 3.63) is 0 Å². The molecule has 0 aliphatic carbocycles. The van der Waals surface area contributed by atoms with Gasteiger partial charge in [0.2, 0.25) is 6.61 Å². The summed E-state index contributed by atoms with van der Waals surface area (Å²) in [4.78, 5) is 14.4. The van der Waals surface area contributed by atoms with E-state index in [9.17, 15) is 4.79 Å². The highest BCUT2D eigenvalue weighted by Crippen LogP contribution is 1.83. The van der Waals surface area contributed by atoms with Crippen molar-refractivity contribution in [1.29, 1.82) is 0 Å². The van der Waals surface area contributed by atoms with Crippen LogP contribution in [0.3, 0.4) is 0 Å². The zero-order valence-electron chi connectivity index (χ0n) is 7.24. The van der Waals surface area contributed by atoms with Gasteiger partial charge in [0.25, 0.3) is 0 Å². The van der Waals surface area contributed by atoms with Gasteiger partial charge in [-0.2, -0.15) is 0 Å². The maximum absolute atomic E-state index is 9.97. The van der Waals surface area contributed by atoms with Crippen LogP contribution in [0, 0.1) is 0 Å². The Kier molecular flexibility index (Phi) is 6.00. The Balaban J connectivity index is 3.47. The molecule has 0 aliphatic rings. The molecule has 5 heteroatoms. The van der Waals surface area contributed by atoms with Crippen molar-refractivity contribution in [3.8, 4) is 0 Å². The molecule has 0 rings (SSSR count). The standard InChI is InChI=1S/C7H13NO4/c1-3-11-4-6(2)8-12-5-7(9)10/h3-5H2,1-2H3,(H,9,10). The van der Waals surface area contributed by atoms with Gasteiger partial charge in [0.05, 0.1) is 12.3 Å². The van der Waals surface area contributed by atoms with E-state index in [1.54, 1.807) is 6.92 Å². The van der Waals surface area contributed by atoms with Gasteiger partial charge in [0.1, 0.15) is 0 Å². The highest BCUT2D eigenvalue weighted by atomic mass is 16.6. The molecule has 12 heavy (non-hydrogen) atoms. The van der Waals surface area contributed by atoms with E-state index < -0.39 is 12.6 Å². The van der Waals surface area contributed by atoms with E-state index >= 15 is 0 Å². The van der Waals surface area contributed by atoms with Crippen LogP contribution in [0.4, 0.5) is 0 Å². The summed E-state index contributed by atoms with van der Waals surface area (Å²) in [6, 6.07) is 0. The quantitative estimate of drug-likeness (QED) is 0.471. The average molecular weight is 175 g/mol. The number of carbonyl (C=O) groups is 1. The Bertz CT molecular complexity index is 167. The third-order valence-corrected chi connectivity index (χ3v) is 0.923. The summed E-state index contributed by atoms with van der Waals surface area (Å²) in [5, 5.41) is 11.7. The molecule has 1 N–H and O–H groups in total. The van der Waals surface area contributed by atoms with Crippen molar-refractivity contribution in [2.24, 2.45) is 5.16 Å². The summed E-state index contributed by atoms with van der Waals surface area (Å²) in [7, 11) is 0. The maximum atomic E-state index is 9.97. The first-order valence-electron chi connectivity index (χ1n) is 3.61. The van der Waals surface area contributed by atoms with Crippen molar-refractivity contribution in [2.75, 3.05) is 19.8 Å². The highest BCUT2D eigenvalue weighted by Gasteiger charge is 1.95. The highest BCUT2D eigenvalue weighted by molar-refractivity contribution is 5.82. The zero-order chi connectivity index (χ0) is 9.40. The summed E-state index contributed by atoms with van der Waals surface area (Å²) in [5.74, 6) is -1.04. The molecule has 0 aromatic heterocycles. The molecule has 0 atom stereocenters. The molecule has 0 radical (unpaired) electrons. The topological polar surface area (TPSA) is 68.1 Å². The van der Waals surface area contributed by atoms with E-state index in [2.05, 4.69) is 9.99 Å². The van der Waals surface area contributed by atoms with E-state index in [4.69, 9.17) is 9.84 Å². The molecular weight excluding hydrogens is 162 g/mol. The van der Waals surface area contributed by atoms with Gasteiger partial charge in [0, 0.05) is 6.61 Å². The Labute approximate surface area is 71.0 Å². The van der Waals surface area contributed by atoms with Gasteiger partial charge in [-0.25, -0.2) is 4.79 Å².